The van der Waals surface area contributed by atoms with E-state index in [0.29, 0.717) is 31.7 Å². The van der Waals surface area contributed by atoms with Crippen LogP contribution in [-0.4, -0.2) is 53.6 Å². The van der Waals surface area contributed by atoms with Crippen molar-refractivity contribution in [1.82, 2.24) is 4.90 Å². The Morgan fingerprint density at radius 2 is 1.59 bits per heavy atom. The van der Waals surface area contributed by atoms with Gasteiger partial charge < -0.3 is 19.5 Å². The summed E-state index contributed by atoms with van der Waals surface area (Å²) in [7, 11) is 0. The summed E-state index contributed by atoms with van der Waals surface area (Å²) in [5.41, 5.74) is -0.435. The topological polar surface area (TPSA) is 59.0 Å². The number of aliphatic hydroxyl groups excluding tert-OH is 1. The van der Waals surface area contributed by atoms with E-state index < -0.39 is 5.60 Å². The van der Waals surface area contributed by atoms with E-state index in [-0.39, 0.29) is 12.2 Å². The van der Waals surface area contributed by atoms with Gasteiger partial charge in [0.05, 0.1) is 12.2 Å². The van der Waals surface area contributed by atoms with Crippen LogP contribution in [0.2, 0.25) is 0 Å². The second kappa shape index (κ2) is 7.64. The lowest BCUT2D eigenvalue weighted by molar-refractivity contribution is -0.0644. The molecule has 2 rings (SSSR count). The Morgan fingerprint density at radius 1 is 1.05 bits per heavy atom. The van der Waals surface area contributed by atoms with Gasteiger partial charge in [-0.2, -0.15) is 0 Å². The van der Waals surface area contributed by atoms with Gasteiger partial charge in [-0.1, -0.05) is 0 Å². The van der Waals surface area contributed by atoms with Gasteiger partial charge in [0.25, 0.3) is 0 Å². The van der Waals surface area contributed by atoms with Crippen LogP contribution in [0.1, 0.15) is 59.3 Å². The van der Waals surface area contributed by atoms with E-state index in [1.54, 1.807) is 4.90 Å². The van der Waals surface area contributed by atoms with Crippen LogP contribution in [-0.2, 0) is 9.47 Å². The monoisotopic (exact) mass is 313 g/mol. The lowest BCUT2D eigenvalue weighted by Gasteiger charge is -2.36. The number of carbonyl (C=O) groups is 1. The van der Waals surface area contributed by atoms with Crippen LogP contribution in [0.5, 0.6) is 0 Å². The van der Waals surface area contributed by atoms with E-state index in [4.69, 9.17) is 9.47 Å². The van der Waals surface area contributed by atoms with E-state index >= 15 is 0 Å². The maximum atomic E-state index is 12.0. The van der Waals surface area contributed by atoms with Crippen LogP contribution in [0.25, 0.3) is 0 Å². The number of ether oxygens (including phenoxy) is 2. The summed E-state index contributed by atoms with van der Waals surface area (Å²) in [5, 5.41) is 9.17. The maximum absolute atomic E-state index is 12.0. The highest BCUT2D eigenvalue weighted by Gasteiger charge is 2.29. The Hall–Kier alpha value is -0.810. The normalized spacial score (nSPS) is 27.7. The fraction of sp³-hybridized carbons (Fsp3) is 0.941. The van der Waals surface area contributed by atoms with Crippen molar-refractivity contribution in [1.29, 1.82) is 0 Å². The summed E-state index contributed by atoms with van der Waals surface area (Å²) >= 11 is 0. The molecular formula is C17H31NO4. The van der Waals surface area contributed by atoms with Gasteiger partial charge in [-0.3, -0.25) is 0 Å². The van der Waals surface area contributed by atoms with Crippen molar-refractivity contribution in [3.63, 3.8) is 0 Å². The van der Waals surface area contributed by atoms with Crippen molar-refractivity contribution in [2.45, 2.75) is 77.1 Å². The predicted octanol–water partition coefficient (Wildman–Crippen LogP) is 2.95. The van der Waals surface area contributed by atoms with Crippen molar-refractivity contribution in [2.75, 3.05) is 19.7 Å². The number of piperidine rings is 1. The molecule has 1 saturated carbocycles. The molecule has 0 bridgehead atoms. The fourth-order valence-electron chi connectivity index (χ4n) is 3.22. The molecule has 0 unspecified atom stereocenters. The van der Waals surface area contributed by atoms with Gasteiger partial charge in [0.15, 0.2) is 0 Å². The Bertz CT molecular complexity index is 350. The number of likely N-dealkylation sites (tertiary alicyclic amines) is 1. The molecule has 22 heavy (non-hydrogen) atoms. The van der Waals surface area contributed by atoms with Crippen molar-refractivity contribution < 1.29 is 19.4 Å². The first-order valence-electron chi connectivity index (χ1n) is 8.61. The maximum Gasteiger partial charge on any atom is 0.410 e. The number of amides is 1. The van der Waals surface area contributed by atoms with Crippen molar-refractivity contribution in [3.05, 3.63) is 0 Å². The summed E-state index contributed by atoms with van der Waals surface area (Å²) in [6, 6.07) is 0. The summed E-state index contributed by atoms with van der Waals surface area (Å²) in [4.78, 5) is 13.8. The molecule has 0 aromatic carbocycles. The van der Waals surface area contributed by atoms with E-state index in [1.165, 1.54) is 0 Å². The highest BCUT2D eigenvalue weighted by Crippen LogP contribution is 2.28. The number of rotatable bonds is 3. The molecule has 5 heteroatoms. The fourth-order valence-corrected chi connectivity index (χ4v) is 3.22. The van der Waals surface area contributed by atoms with Gasteiger partial charge >= 0.3 is 6.09 Å². The molecule has 1 amide bonds. The third-order valence-corrected chi connectivity index (χ3v) is 4.53. The zero-order valence-electron chi connectivity index (χ0n) is 14.2. The smallest absolute Gasteiger partial charge is 0.410 e. The van der Waals surface area contributed by atoms with Crippen molar-refractivity contribution in [2.24, 2.45) is 5.92 Å². The summed E-state index contributed by atoms with van der Waals surface area (Å²) in [6.45, 7) is 7.41. The summed E-state index contributed by atoms with van der Waals surface area (Å²) < 4.78 is 11.6. The average molecular weight is 313 g/mol. The Labute approximate surface area is 134 Å². The van der Waals surface area contributed by atoms with E-state index in [0.717, 1.165) is 38.5 Å². The molecule has 0 aromatic rings. The second-order valence-electron chi connectivity index (χ2n) is 7.63. The molecule has 1 aliphatic heterocycles. The minimum Gasteiger partial charge on any atom is -0.444 e. The van der Waals surface area contributed by atoms with Crippen LogP contribution in [0.3, 0.4) is 0 Å². The van der Waals surface area contributed by atoms with E-state index in [2.05, 4.69) is 0 Å². The van der Waals surface area contributed by atoms with Gasteiger partial charge in [-0.25, -0.2) is 4.79 Å². The molecule has 2 fully saturated rings. The van der Waals surface area contributed by atoms with Crippen LogP contribution in [0, 0.1) is 5.92 Å². The number of aliphatic hydroxyl groups is 1. The highest BCUT2D eigenvalue weighted by atomic mass is 16.6. The minimum absolute atomic E-state index is 0.214. The lowest BCUT2D eigenvalue weighted by Crippen LogP contribution is -2.44. The van der Waals surface area contributed by atoms with Crippen LogP contribution >= 0.6 is 0 Å². The average Bonchev–Trinajstić information content (AvgIpc) is 2.47. The van der Waals surface area contributed by atoms with Crippen molar-refractivity contribution >= 4 is 6.09 Å². The SMILES string of the molecule is CC(C)(C)OC(=O)N1CCC(OC2CCC(CO)CC2)CC1. The number of nitrogens with zero attached hydrogens (tertiary/aromatic N) is 1. The van der Waals surface area contributed by atoms with Gasteiger partial charge in [-0.15, -0.1) is 0 Å². The van der Waals surface area contributed by atoms with E-state index in [1.807, 2.05) is 20.8 Å². The largest absolute Gasteiger partial charge is 0.444 e. The Kier molecular flexibility index (Phi) is 6.09. The summed E-state index contributed by atoms with van der Waals surface area (Å²) in [5.74, 6) is 0.467. The zero-order chi connectivity index (χ0) is 16.2. The number of hydrogen-bond acceptors (Lipinski definition) is 4. The van der Waals surface area contributed by atoms with Gasteiger partial charge in [-0.05, 0) is 65.2 Å². The van der Waals surface area contributed by atoms with Crippen LogP contribution in [0.15, 0.2) is 0 Å². The first kappa shape index (κ1) is 17.5. The van der Waals surface area contributed by atoms with E-state index in [9.17, 15) is 9.90 Å². The molecule has 1 aliphatic carbocycles. The second-order valence-corrected chi connectivity index (χ2v) is 7.63. The first-order valence-corrected chi connectivity index (χ1v) is 8.61. The zero-order valence-corrected chi connectivity index (χ0v) is 14.2. The molecule has 0 atom stereocenters. The molecule has 0 aromatic heterocycles. The van der Waals surface area contributed by atoms with Crippen LogP contribution in [0.4, 0.5) is 4.79 Å². The van der Waals surface area contributed by atoms with Crippen LogP contribution < -0.4 is 0 Å². The molecule has 2 aliphatic rings. The Balaban J connectivity index is 1.68. The molecule has 1 saturated heterocycles. The molecule has 0 spiro atoms. The predicted molar refractivity (Wildman–Crippen MR) is 84.7 cm³/mol. The van der Waals surface area contributed by atoms with Gasteiger partial charge in [0.1, 0.15) is 5.60 Å². The quantitative estimate of drug-likeness (QED) is 0.870. The standard InChI is InChI=1S/C17H31NO4/c1-17(2,3)22-16(20)18-10-8-15(9-11-18)21-14-6-4-13(12-19)5-7-14/h13-15,19H,4-12H2,1-3H3. The first-order chi connectivity index (χ1) is 10.4. The third kappa shape index (κ3) is 5.43. The molecule has 1 N–H and O–H groups in total. The lowest BCUT2D eigenvalue weighted by atomic mass is 9.88. The summed E-state index contributed by atoms with van der Waals surface area (Å²) in [6.07, 6.45) is 6.40. The molecule has 1 heterocycles. The van der Waals surface area contributed by atoms with Gasteiger partial charge in [0, 0.05) is 19.7 Å². The van der Waals surface area contributed by atoms with Crippen molar-refractivity contribution in [3.8, 4) is 0 Å². The minimum atomic E-state index is -0.435. The highest BCUT2D eigenvalue weighted by molar-refractivity contribution is 5.68. The molecule has 0 radical (unpaired) electrons. The Morgan fingerprint density at radius 3 is 2.09 bits per heavy atom. The third-order valence-electron chi connectivity index (χ3n) is 4.53. The molecule has 128 valence electrons. The molecule has 5 nitrogen and oxygen atoms in total. The number of hydrogen-bond donors (Lipinski definition) is 1. The van der Waals surface area contributed by atoms with Gasteiger partial charge in [0.2, 0.25) is 0 Å². The number of carbonyl (C=O) groups excluding carboxylic acids is 1. The molecular weight excluding hydrogens is 282 g/mol.